The number of nitrogens with zero attached hydrogens (tertiary/aromatic N) is 3. The van der Waals surface area contributed by atoms with Crippen LogP contribution in [-0.2, 0) is 13.5 Å². The van der Waals surface area contributed by atoms with Gasteiger partial charge in [-0.05, 0) is 12.1 Å². The molecule has 0 aliphatic carbocycles. The van der Waals surface area contributed by atoms with Gasteiger partial charge < -0.3 is 19.3 Å². The van der Waals surface area contributed by atoms with Gasteiger partial charge in [-0.1, -0.05) is 5.21 Å². The molecule has 0 aliphatic rings. The van der Waals surface area contributed by atoms with Gasteiger partial charge in [-0.3, -0.25) is 4.68 Å². The third-order valence-electron chi connectivity index (χ3n) is 3.15. The number of ether oxygens (including phenoxy) is 3. The van der Waals surface area contributed by atoms with Gasteiger partial charge in [0.15, 0.2) is 11.5 Å². The van der Waals surface area contributed by atoms with Crippen molar-refractivity contribution in [3.63, 3.8) is 0 Å². The van der Waals surface area contributed by atoms with Crippen molar-refractivity contribution in [3.8, 4) is 17.2 Å². The summed E-state index contributed by atoms with van der Waals surface area (Å²) in [6, 6.07) is 3.48. The molecule has 1 aromatic carbocycles. The predicted octanol–water partition coefficient (Wildman–Crippen LogP) is 1.12. The second kappa shape index (κ2) is 6.45. The summed E-state index contributed by atoms with van der Waals surface area (Å²) in [4.78, 5) is 0. The number of hydrogen-bond donors (Lipinski definition) is 1. The summed E-state index contributed by atoms with van der Waals surface area (Å²) in [6.45, 7) is 0. The number of benzene rings is 1. The number of aliphatic hydroxyl groups excluding tert-OH is 1. The largest absolute Gasteiger partial charge is 0.493 e. The first kappa shape index (κ1) is 15.1. The molecule has 1 atom stereocenters. The van der Waals surface area contributed by atoms with E-state index in [-0.39, 0.29) is 0 Å². The maximum atomic E-state index is 10.4. The lowest BCUT2D eigenvalue weighted by atomic mass is 10.0. The van der Waals surface area contributed by atoms with Crippen LogP contribution in [-0.4, -0.2) is 41.4 Å². The molecule has 21 heavy (non-hydrogen) atoms. The lowest BCUT2D eigenvalue weighted by Gasteiger charge is -2.18. The molecule has 0 saturated heterocycles. The molecule has 0 saturated carbocycles. The molecule has 7 heteroatoms. The summed E-state index contributed by atoms with van der Waals surface area (Å²) in [7, 11) is 6.38. The highest BCUT2D eigenvalue weighted by atomic mass is 16.5. The van der Waals surface area contributed by atoms with Gasteiger partial charge in [0, 0.05) is 25.2 Å². The van der Waals surface area contributed by atoms with Crippen LogP contribution in [0, 0.1) is 0 Å². The minimum Gasteiger partial charge on any atom is -0.493 e. The van der Waals surface area contributed by atoms with Gasteiger partial charge >= 0.3 is 0 Å². The average Bonchev–Trinajstić information content (AvgIpc) is 2.90. The van der Waals surface area contributed by atoms with Crippen molar-refractivity contribution in [3.05, 3.63) is 29.6 Å². The van der Waals surface area contributed by atoms with Crippen LogP contribution in [0.25, 0.3) is 0 Å². The molecule has 0 bridgehead atoms. The summed E-state index contributed by atoms with van der Waals surface area (Å²) < 4.78 is 17.5. The Morgan fingerprint density at radius 3 is 2.38 bits per heavy atom. The Kier molecular flexibility index (Phi) is 4.64. The third-order valence-corrected chi connectivity index (χ3v) is 3.15. The lowest BCUT2D eigenvalue weighted by Crippen LogP contribution is -2.06. The molecule has 1 unspecified atom stereocenters. The molecule has 2 rings (SSSR count). The van der Waals surface area contributed by atoms with E-state index in [4.69, 9.17) is 14.2 Å². The summed E-state index contributed by atoms with van der Waals surface area (Å²) in [5.41, 5.74) is 1.31. The number of methoxy groups -OCH3 is 3. The first-order chi connectivity index (χ1) is 10.1. The molecule has 0 amide bonds. The van der Waals surface area contributed by atoms with Crippen LogP contribution in [0.5, 0.6) is 17.2 Å². The van der Waals surface area contributed by atoms with Gasteiger partial charge in [-0.25, -0.2) is 0 Å². The molecule has 7 nitrogen and oxygen atoms in total. The Hall–Kier alpha value is -2.28. The molecule has 1 heterocycles. The van der Waals surface area contributed by atoms with Crippen molar-refractivity contribution in [2.24, 2.45) is 7.05 Å². The van der Waals surface area contributed by atoms with E-state index in [1.54, 1.807) is 37.2 Å². The summed E-state index contributed by atoms with van der Waals surface area (Å²) >= 11 is 0. The van der Waals surface area contributed by atoms with Crippen molar-refractivity contribution in [1.82, 2.24) is 15.0 Å². The fourth-order valence-electron chi connectivity index (χ4n) is 2.18. The van der Waals surface area contributed by atoms with Crippen LogP contribution < -0.4 is 14.2 Å². The first-order valence-electron chi connectivity index (χ1n) is 6.42. The molecule has 0 spiro atoms. The van der Waals surface area contributed by atoms with Crippen molar-refractivity contribution in [2.45, 2.75) is 12.5 Å². The zero-order valence-electron chi connectivity index (χ0n) is 12.5. The Labute approximate surface area is 123 Å². The standard InChI is InChI=1S/C14H19N3O4/c1-17-8-9(15-16-17)7-11(18)10-5-6-12(19-2)14(21-4)13(10)20-3/h5-6,8,11,18H,7H2,1-4H3. The van der Waals surface area contributed by atoms with E-state index in [1.807, 2.05) is 0 Å². The molecule has 114 valence electrons. The number of aliphatic hydroxyl groups is 1. The molecule has 1 N–H and O–H groups in total. The van der Waals surface area contributed by atoms with Crippen LogP contribution in [0.3, 0.4) is 0 Å². The molecular formula is C14H19N3O4. The van der Waals surface area contributed by atoms with Gasteiger partial charge in [-0.2, -0.15) is 0 Å². The predicted molar refractivity (Wildman–Crippen MR) is 75.8 cm³/mol. The highest BCUT2D eigenvalue weighted by molar-refractivity contribution is 5.56. The molecule has 0 aliphatic heterocycles. The van der Waals surface area contributed by atoms with Gasteiger partial charge in [0.2, 0.25) is 5.75 Å². The smallest absolute Gasteiger partial charge is 0.203 e. The third kappa shape index (κ3) is 3.08. The van der Waals surface area contributed by atoms with Gasteiger partial charge in [0.1, 0.15) is 0 Å². The molecule has 0 radical (unpaired) electrons. The first-order valence-corrected chi connectivity index (χ1v) is 6.42. The van der Waals surface area contributed by atoms with Crippen molar-refractivity contribution >= 4 is 0 Å². The molecule has 1 aromatic heterocycles. The maximum absolute atomic E-state index is 10.4. The van der Waals surface area contributed by atoms with Crippen LogP contribution in [0.4, 0.5) is 0 Å². The Morgan fingerprint density at radius 1 is 1.14 bits per heavy atom. The van der Waals surface area contributed by atoms with E-state index in [9.17, 15) is 5.11 Å². The maximum Gasteiger partial charge on any atom is 0.203 e. The van der Waals surface area contributed by atoms with Crippen LogP contribution in [0.1, 0.15) is 17.4 Å². The van der Waals surface area contributed by atoms with E-state index in [2.05, 4.69) is 10.3 Å². The Balaban J connectivity index is 2.33. The monoisotopic (exact) mass is 293 g/mol. The minimum absolute atomic E-state index is 0.333. The topological polar surface area (TPSA) is 78.6 Å². The van der Waals surface area contributed by atoms with E-state index >= 15 is 0 Å². The number of rotatable bonds is 6. The Bertz CT molecular complexity index is 612. The fraction of sp³-hybridized carbons (Fsp3) is 0.429. The highest BCUT2D eigenvalue weighted by Crippen LogP contribution is 2.42. The lowest BCUT2D eigenvalue weighted by molar-refractivity contribution is 0.171. The zero-order chi connectivity index (χ0) is 15.4. The van der Waals surface area contributed by atoms with Crippen molar-refractivity contribution in [1.29, 1.82) is 0 Å². The Morgan fingerprint density at radius 2 is 1.86 bits per heavy atom. The second-order valence-corrected chi connectivity index (χ2v) is 4.53. The summed E-state index contributed by atoms with van der Waals surface area (Å²) in [5.74, 6) is 1.45. The van der Waals surface area contributed by atoms with Crippen LogP contribution >= 0.6 is 0 Å². The van der Waals surface area contributed by atoms with E-state index in [0.717, 1.165) is 0 Å². The second-order valence-electron chi connectivity index (χ2n) is 4.53. The fourth-order valence-corrected chi connectivity index (χ4v) is 2.18. The summed E-state index contributed by atoms with van der Waals surface area (Å²) in [6.07, 6.45) is 1.31. The SMILES string of the molecule is COc1ccc(C(O)Cc2cn(C)nn2)c(OC)c1OC. The van der Waals surface area contributed by atoms with Crippen molar-refractivity contribution in [2.75, 3.05) is 21.3 Å². The average molecular weight is 293 g/mol. The van der Waals surface area contributed by atoms with Crippen molar-refractivity contribution < 1.29 is 19.3 Å². The quantitative estimate of drug-likeness (QED) is 0.860. The van der Waals surface area contributed by atoms with E-state index < -0.39 is 6.10 Å². The number of hydrogen-bond acceptors (Lipinski definition) is 6. The normalized spacial score (nSPS) is 12.0. The van der Waals surface area contributed by atoms with Crippen LogP contribution in [0.2, 0.25) is 0 Å². The van der Waals surface area contributed by atoms with Gasteiger partial charge in [0.25, 0.3) is 0 Å². The summed E-state index contributed by atoms with van der Waals surface area (Å²) in [5, 5.41) is 18.2. The van der Waals surface area contributed by atoms with E-state index in [0.29, 0.717) is 34.9 Å². The number of aryl methyl sites for hydroxylation is 1. The molecule has 0 fully saturated rings. The van der Waals surface area contributed by atoms with Gasteiger partial charge in [-0.15, -0.1) is 5.10 Å². The minimum atomic E-state index is -0.781. The van der Waals surface area contributed by atoms with E-state index in [1.165, 1.54) is 14.2 Å². The molecule has 2 aromatic rings. The highest BCUT2D eigenvalue weighted by Gasteiger charge is 2.21. The molecular weight excluding hydrogens is 274 g/mol. The zero-order valence-corrected chi connectivity index (χ0v) is 12.5. The van der Waals surface area contributed by atoms with Crippen LogP contribution in [0.15, 0.2) is 18.3 Å². The number of aromatic nitrogens is 3. The van der Waals surface area contributed by atoms with Gasteiger partial charge in [0.05, 0.1) is 33.1 Å².